The molecule has 2 unspecified atom stereocenters. The molecule has 0 saturated heterocycles. The van der Waals surface area contributed by atoms with Crippen molar-refractivity contribution < 1.29 is 42.1 Å². The van der Waals surface area contributed by atoms with E-state index in [1.807, 2.05) is 21.1 Å². The first-order valence-corrected chi connectivity index (χ1v) is 20.9. The predicted octanol–water partition coefficient (Wildman–Crippen LogP) is 9.61. The predicted molar refractivity (Wildman–Crippen MR) is 195 cm³/mol. The lowest BCUT2D eigenvalue weighted by molar-refractivity contribution is -0.870. The Balaban J connectivity index is 4.39. The van der Waals surface area contributed by atoms with Crippen LogP contribution in [0.5, 0.6) is 0 Å². The molecule has 0 rings (SSSR count). The van der Waals surface area contributed by atoms with Crippen LogP contribution in [-0.2, 0) is 32.7 Å². The van der Waals surface area contributed by atoms with Gasteiger partial charge >= 0.3 is 11.9 Å². The van der Waals surface area contributed by atoms with E-state index in [1.165, 1.54) is 83.5 Å². The molecule has 0 bridgehead atoms. The topological polar surface area (TPSA) is 111 Å². The summed E-state index contributed by atoms with van der Waals surface area (Å²) in [6, 6.07) is 0. The van der Waals surface area contributed by atoms with Gasteiger partial charge in [-0.25, -0.2) is 0 Å². The van der Waals surface area contributed by atoms with Gasteiger partial charge in [0.15, 0.2) is 6.10 Å². The fraction of sp³-hybridized carbons (Fsp3) is 0.895. The SMILES string of the molecule is CCCCCCCCC/C=C\CCCCCCCC(=O)OC(COC(=O)CCCCCCCCCC)COP(=O)([O-])OCC[N+](C)(C)C. The summed E-state index contributed by atoms with van der Waals surface area (Å²) >= 11 is 0. The molecule has 0 radical (unpaired) electrons. The molecular weight excluding hydrogens is 629 g/mol. The number of phosphoric ester groups is 1. The second-order valence-corrected chi connectivity index (χ2v) is 15.7. The number of unbranched alkanes of at least 4 members (excludes halogenated alkanes) is 19. The molecule has 0 fully saturated rings. The number of carbonyl (C=O) groups is 2. The highest BCUT2D eigenvalue weighted by Crippen LogP contribution is 2.38. The van der Waals surface area contributed by atoms with Gasteiger partial charge in [0.1, 0.15) is 19.8 Å². The first-order chi connectivity index (χ1) is 23.0. The van der Waals surface area contributed by atoms with Crippen LogP contribution in [0.1, 0.15) is 168 Å². The molecule has 0 aliphatic rings. The maximum Gasteiger partial charge on any atom is 0.306 e. The van der Waals surface area contributed by atoms with Crippen LogP contribution in [0.2, 0.25) is 0 Å². The summed E-state index contributed by atoms with van der Waals surface area (Å²) in [5.74, 6) is -0.845. The normalized spacial score (nSPS) is 13.9. The largest absolute Gasteiger partial charge is 0.756 e. The van der Waals surface area contributed by atoms with Crippen LogP contribution in [-0.4, -0.2) is 70.0 Å². The summed E-state index contributed by atoms with van der Waals surface area (Å²) in [6.45, 7) is 4.17. The molecule has 0 N–H and O–H groups in total. The van der Waals surface area contributed by atoms with Crippen LogP contribution >= 0.6 is 7.82 Å². The van der Waals surface area contributed by atoms with E-state index >= 15 is 0 Å². The first kappa shape index (κ1) is 46.8. The Morgan fingerprint density at radius 3 is 1.54 bits per heavy atom. The van der Waals surface area contributed by atoms with E-state index in [4.69, 9.17) is 18.5 Å². The van der Waals surface area contributed by atoms with Gasteiger partial charge in [-0.2, -0.15) is 0 Å². The molecule has 0 aromatic carbocycles. The summed E-state index contributed by atoms with van der Waals surface area (Å²) in [6.07, 6.45) is 29.6. The van der Waals surface area contributed by atoms with Crippen LogP contribution in [0.4, 0.5) is 0 Å². The zero-order chi connectivity index (χ0) is 35.8. The van der Waals surface area contributed by atoms with Crippen LogP contribution in [0.25, 0.3) is 0 Å². The Morgan fingerprint density at radius 2 is 1.06 bits per heavy atom. The second kappa shape index (κ2) is 31.7. The van der Waals surface area contributed by atoms with Gasteiger partial charge in [0.2, 0.25) is 0 Å². The molecular formula is C38H74NO8P. The molecule has 0 aliphatic heterocycles. The fourth-order valence-corrected chi connectivity index (χ4v) is 5.91. The Labute approximate surface area is 295 Å². The van der Waals surface area contributed by atoms with Crippen LogP contribution in [0.15, 0.2) is 12.2 Å². The quantitative estimate of drug-likeness (QED) is 0.0211. The Hall–Kier alpha value is -1.25. The van der Waals surface area contributed by atoms with E-state index in [1.54, 1.807) is 0 Å². The number of phosphoric acid groups is 1. The maximum absolute atomic E-state index is 12.6. The number of esters is 2. The van der Waals surface area contributed by atoms with Gasteiger partial charge in [-0.3, -0.25) is 14.2 Å². The van der Waals surface area contributed by atoms with Crippen molar-refractivity contribution in [2.45, 2.75) is 174 Å². The molecule has 0 spiro atoms. The number of hydrogen-bond donors (Lipinski definition) is 0. The van der Waals surface area contributed by atoms with Crippen molar-refractivity contribution in [3.8, 4) is 0 Å². The van der Waals surface area contributed by atoms with Crippen molar-refractivity contribution in [2.24, 2.45) is 0 Å². The number of rotatable bonds is 35. The van der Waals surface area contributed by atoms with E-state index in [-0.39, 0.29) is 32.0 Å². The summed E-state index contributed by atoms with van der Waals surface area (Å²) in [7, 11) is 1.16. The minimum atomic E-state index is -4.61. The molecule has 2 atom stereocenters. The first-order valence-electron chi connectivity index (χ1n) is 19.4. The van der Waals surface area contributed by atoms with E-state index in [2.05, 4.69) is 26.0 Å². The third-order valence-electron chi connectivity index (χ3n) is 8.29. The average molecular weight is 704 g/mol. The molecule has 0 aliphatic carbocycles. The highest BCUT2D eigenvalue weighted by atomic mass is 31.2. The minimum absolute atomic E-state index is 0.0299. The van der Waals surface area contributed by atoms with Crippen molar-refractivity contribution >= 4 is 19.8 Å². The van der Waals surface area contributed by atoms with Gasteiger partial charge in [-0.1, -0.05) is 129 Å². The number of nitrogens with zero attached hydrogens (tertiary/aromatic N) is 1. The lowest BCUT2D eigenvalue weighted by Crippen LogP contribution is -2.37. The molecule has 0 aromatic rings. The molecule has 10 heteroatoms. The summed E-state index contributed by atoms with van der Waals surface area (Å²) < 4.78 is 33.7. The lowest BCUT2D eigenvalue weighted by atomic mass is 10.1. The van der Waals surface area contributed by atoms with Gasteiger partial charge in [0.05, 0.1) is 27.7 Å². The van der Waals surface area contributed by atoms with E-state index in [0.717, 1.165) is 51.4 Å². The number of quaternary nitrogens is 1. The van der Waals surface area contributed by atoms with Crippen molar-refractivity contribution in [3.05, 3.63) is 12.2 Å². The minimum Gasteiger partial charge on any atom is -0.756 e. The second-order valence-electron chi connectivity index (χ2n) is 14.3. The molecule has 284 valence electrons. The Bertz CT molecular complexity index is 845. The van der Waals surface area contributed by atoms with Crippen molar-refractivity contribution in [2.75, 3.05) is 47.5 Å². The fourth-order valence-electron chi connectivity index (χ4n) is 5.18. The van der Waals surface area contributed by atoms with Crippen molar-refractivity contribution in [1.82, 2.24) is 0 Å². The molecule has 0 heterocycles. The van der Waals surface area contributed by atoms with Crippen LogP contribution < -0.4 is 4.89 Å². The highest BCUT2D eigenvalue weighted by molar-refractivity contribution is 7.45. The average Bonchev–Trinajstić information content (AvgIpc) is 3.02. The molecule has 0 amide bonds. The Kier molecular flexibility index (Phi) is 30.9. The van der Waals surface area contributed by atoms with E-state index in [0.29, 0.717) is 17.4 Å². The summed E-state index contributed by atoms with van der Waals surface area (Å²) in [5, 5.41) is 0. The van der Waals surface area contributed by atoms with Gasteiger partial charge in [-0.05, 0) is 38.5 Å². The van der Waals surface area contributed by atoms with E-state index in [9.17, 15) is 19.0 Å². The molecule has 9 nitrogen and oxygen atoms in total. The monoisotopic (exact) mass is 704 g/mol. The standard InChI is InChI=1S/C38H74NO8P/c1-6-8-10-12-14-16-17-18-19-20-21-22-23-25-27-29-31-38(41)47-36(35-46-48(42,43)45-33-32-39(3,4)5)34-44-37(40)30-28-26-24-15-13-11-9-7-2/h19-20,36H,6-18,21-35H2,1-5H3/b20-19-. The van der Waals surface area contributed by atoms with Crippen molar-refractivity contribution in [3.63, 3.8) is 0 Å². The summed E-state index contributed by atoms with van der Waals surface area (Å²) in [5.41, 5.74) is 0. The third-order valence-corrected chi connectivity index (χ3v) is 9.25. The number of allylic oxidation sites excluding steroid dienone is 2. The van der Waals surface area contributed by atoms with Crippen LogP contribution in [0, 0.1) is 0 Å². The number of carbonyl (C=O) groups excluding carboxylic acids is 2. The Morgan fingerprint density at radius 1 is 0.625 bits per heavy atom. The highest BCUT2D eigenvalue weighted by Gasteiger charge is 2.21. The van der Waals surface area contributed by atoms with Crippen LogP contribution in [0.3, 0.4) is 0 Å². The van der Waals surface area contributed by atoms with Crippen molar-refractivity contribution in [1.29, 1.82) is 0 Å². The van der Waals surface area contributed by atoms with Gasteiger partial charge in [0, 0.05) is 12.8 Å². The molecule has 0 aromatic heterocycles. The smallest absolute Gasteiger partial charge is 0.306 e. The number of likely N-dealkylation sites (N-methyl/N-ethyl adjacent to an activating group) is 1. The zero-order valence-corrected chi connectivity index (χ0v) is 32.6. The molecule has 0 saturated carbocycles. The van der Waals surface area contributed by atoms with E-state index < -0.39 is 26.5 Å². The third kappa shape index (κ3) is 34.6. The van der Waals surface area contributed by atoms with Gasteiger partial charge in [0.25, 0.3) is 7.82 Å². The van der Waals surface area contributed by atoms with Gasteiger partial charge in [-0.15, -0.1) is 0 Å². The zero-order valence-electron chi connectivity index (χ0n) is 31.7. The summed E-state index contributed by atoms with van der Waals surface area (Å²) in [4.78, 5) is 37.2. The lowest BCUT2D eigenvalue weighted by Gasteiger charge is -2.28. The van der Waals surface area contributed by atoms with Gasteiger partial charge < -0.3 is 27.9 Å². The molecule has 48 heavy (non-hydrogen) atoms. The number of ether oxygens (including phenoxy) is 2. The maximum atomic E-state index is 12.6. The number of hydrogen-bond acceptors (Lipinski definition) is 8.